The van der Waals surface area contributed by atoms with Gasteiger partial charge in [0, 0.05) is 12.6 Å². The number of hydrogen-bond donors (Lipinski definition) is 2. The Bertz CT molecular complexity index is 569. The second-order valence-electron chi connectivity index (χ2n) is 5.17. The second kappa shape index (κ2) is 9.23. The molecule has 4 heteroatoms. The van der Waals surface area contributed by atoms with E-state index in [0.29, 0.717) is 13.0 Å². The van der Waals surface area contributed by atoms with Gasteiger partial charge in [-0.15, -0.1) is 12.4 Å². The molecule has 0 saturated carbocycles. The zero-order valence-corrected chi connectivity index (χ0v) is 13.6. The Kier molecular flexibility index (Phi) is 7.64. The number of benzene rings is 2. The molecular formula is C18H23ClN2O. The van der Waals surface area contributed by atoms with Gasteiger partial charge < -0.3 is 11.1 Å². The molecule has 1 unspecified atom stereocenters. The van der Waals surface area contributed by atoms with Gasteiger partial charge in [-0.05, 0) is 23.1 Å². The summed E-state index contributed by atoms with van der Waals surface area (Å²) in [5.41, 5.74) is 9.40. The third-order valence-electron chi connectivity index (χ3n) is 3.54. The summed E-state index contributed by atoms with van der Waals surface area (Å²) < 4.78 is 0. The number of hydrogen-bond acceptors (Lipinski definition) is 2. The standard InChI is InChI=1S/C18H22N2O.ClH/c1-2-14-8-10-15(11-9-14)12-18(21)20-13-17(19)16-6-4-3-5-7-16;/h3-11,17H,2,12-13,19H2,1H3,(H,20,21);1H. The predicted molar refractivity (Wildman–Crippen MR) is 93.2 cm³/mol. The van der Waals surface area contributed by atoms with Crippen LogP contribution in [0.4, 0.5) is 0 Å². The molecule has 0 fully saturated rings. The van der Waals surface area contributed by atoms with Crippen LogP contribution in [0.2, 0.25) is 0 Å². The molecule has 0 aliphatic heterocycles. The van der Waals surface area contributed by atoms with E-state index in [-0.39, 0.29) is 24.4 Å². The Morgan fingerprint density at radius 3 is 2.23 bits per heavy atom. The third kappa shape index (κ3) is 5.51. The van der Waals surface area contributed by atoms with Crippen molar-refractivity contribution in [3.8, 4) is 0 Å². The van der Waals surface area contributed by atoms with E-state index in [1.807, 2.05) is 42.5 Å². The Morgan fingerprint density at radius 1 is 1.05 bits per heavy atom. The lowest BCUT2D eigenvalue weighted by Crippen LogP contribution is -2.32. The Balaban J connectivity index is 0.00000242. The molecule has 0 aliphatic carbocycles. The zero-order valence-electron chi connectivity index (χ0n) is 12.8. The largest absolute Gasteiger partial charge is 0.354 e. The van der Waals surface area contributed by atoms with Crippen LogP contribution in [-0.2, 0) is 17.6 Å². The molecule has 22 heavy (non-hydrogen) atoms. The average Bonchev–Trinajstić information content (AvgIpc) is 2.54. The van der Waals surface area contributed by atoms with Crippen molar-refractivity contribution in [2.24, 2.45) is 5.73 Å². The average molecular weight is 319 g/mol. The van der Waals surface area contributed by atoms with Gasteiger partial charge in [0.1, 0.15) is 0 Å². The molecule has 0 radical (unpaired) electrons. The fraction of sp³-hybridized carbons (Fsp3) is 0.278. The van der Waals surface area contributed by atoms with Gasteiger partial charge in [-0.1, -0.05) is 61.5 Å². The minimum atomic E-state index is -0.169. The zero-order chi connectivity index (χ0) is 15.1. The highest BCUT2D eigenvalue weighted by molar-refractivity contribution is 5.85. The fourth-order valence-corrected chi connectivity index (χ4v) is 2.18. The van der Waals surface area contributed by atoms with Crippen molar-refractivity contribution >= 4 is 18.3 Å². The maximum Gasteiger partial charge on any atom is 0.224 e. The molecule has 2 aromatic rings. The molecule has 0 heterocycles. The van der Waals surface area contributed by atoms with Crippen LogP contribution in [-0.4, -0.2) is 12.5 Å². The number of nitrogens with two attached hydrogens (primary N) is 1. The van der Waals surface area contributed by atoms with Gasteiger partial charge in [0.05, 0.1) is 6.42 Å². The van der Waals surface area contributed by atoms with Crippen LogP contribution < -0.4 is 11.1 Å². The Labute approximate surface area is 138 Å². The summed E-state index contributed by atoms with van der Waals surface area (Å²) in [6.45, 7) is 2.57. The van der Waals surface area contributed by atoms with Crippen LogP contribution in [0.1, 0.15) is 29.7 Å². The molecule has 2 aromatic carbocycles. The molecule has 0 spiro atoms. The minimum absolute atomic E-state index is 0. The first-order valence-electron chi connectivity index (χ1n) is 7.34. The van der Waals surface area contributed by atoms with Crippen LogP contribution in [0, 0.1) is 0 Å². The molecule has 1 amide bonds. The van der Waals surface area contributed by atoms with Gasteiger partial charge in [-0.3, -0.25) is 4.79 Å². The topological polar surface area (TPSA) is 55.1 Å². The number of carbonyl (C=O) groups is 1. The Morgan fingerprint density at radius 2 is 1.64 bits per heavy atom. The summed E-state index contributed by atoms with van der Waals surface area (Å²) in [5.74, 6) is 0.00521. The first-order chi connectivity index (χ1) is 10.2. The van der Waals surface area contributed by atoms with E-state index in [1.54, 1.807) is 0 Å². The van der Waals surface area contributed by atoms with Gasteiger partial charge in [-0.25, -0.2) is 0 Å². The quantitative estimate of drug-likeness (QED) is 0.860. The van der Waals surface area contributed by atoms with E-state index in [4.69, 9.17) is 5.73 Å². The van der Waals surface area contributed by atoms with Gasteiger partial charge in [0.2, 0.25) is 5.91 Å². The molecule has 0 aromatic heterocycles. The van der Waals surface area contributed by atoms with Crippen molar-refractivity contribution < 1.29 is 4.79 Å². The monoisotopic (exact) mass is 318 g/mol. The molecule has 118 valence electrons. The first-order valence-corrected chi connectivity index (χ1v) is 7.34. The second-order valence-corrected chi connectivity index (χ2v) is 5.17. The van der Waals surface area contributed by atoms with Gasteiger partial charge in [0.15, 0.2) is 0 Å². The maximum absolute atomic E-state index is 11.9. The van der Waals surface area contributed by atoms with Crippen LogP contribution in [0.5, 0.6) is 0 Å². The minimum Gasteiger partial charge on any atom is -0.354 e. The normalized spacial score (nSPS) is 11.4. The molecule has 0 saturated heterocycles. The molecule has 3 nitrogen and oxygen atoms in total. The number of carbonyl (C=O) groups excluding carboxylic acids is 1. The number of nitrogens with one attached hydrogen (secondary N) is 1. The molecular weight excluding hydrogens is 296 g/mol. The summed E-state index contributed by atoms with van der Waals surface area (Å²) in [4.78, 5) is 11.9. The smallest absolute Gasteiger partial charge is 0.224 e. The van der Waals surface area contributed by atoms with Crippen molar-refractivity contribution in [1.29, 1.82) is 0 Å². The lowest BCUT2D eigenvalue weighted by atomic mass is 10.1. The van der Waals surface area contributed by atoms with Gasteiger partial charge in [0.25, 0.3) is 0 Å². The summed E-state index contributed by atoms with van der Waals surface area (Å²) in [5, 5.41) is 2.89. The SMILES string of the molecule is CCc1ccc(CC(=O)NCC(N)c2ccccc2)cc1.Cl. The highest BCUT2D eigenvalue weighted by atomic mass is 35.5. The van der Waals surface area contributed by atoms with Crippen LogP contribution in [0.3, 0.4) is 0 Å². The summed E-state index contributed by atoms with van der Waals surface area (Å²) >= 11 is 0. The van der Waals surface area contributed by atoms with Crippen molar-refractivity contribution in [3.63, 3.8) is 0 Å². The number of halogens is 1. The number of amides is 1. The van der Waals surface area contributed by atoms with Crippen LogP contribution in [0.25, 0.3) is 0 Å². The lowest BCUT2D eigenvalue weighted by Gasteiger charge is -2.13. The molecule has 0 aliphatic rings. The van der Waals surface area contributed by atoms with E-state index in [2.05, 4.69) is 24.4 Å². The molecule has 1 atom stereocenters. The number of aryl methyl sites for hydroxylation is 1. The highest BCUT2D eigenvalue weighted by Gasteiger charge is 2.08. The van der Waals surface area contributed by atoms with Crippen molar-refractivity contribution in [2.75, 3.05) is 6.54 Å². The first kappa shape index (κ1) is 18.2. The van der Waals surface area contributed by atoms with Crippen molar-refractivity contribution in [3.05, 3.63) is 71.3 Å². The third-order valence-corrected chi connectivity index (χ3v) is 3.54. The summed E-state index contributed by atoms with van der Waals surface area (Å²) in [6.07, 6.45) is 1.41. The predicted octanol–water partition coefficient (Wildman–Crippen LogP) is 3.03. The van der Waals surface area contributed by atoms with Crippen LogP contribution >= 0.6 is 12.4 Å². The molecule has 0 bridgehead atoms. The highest BCUT2D eigenvalue weighted by Crippen LogP contribution is 2.09. The Hall–Kier alpha value is -1.84. The van der Waals surface area contributed by atoms with Crippen molar-refractivity contribution in [1.82, 2.24) is 5.32 Å². The molecule has 3 N–H and O–H groups in total. The number of rotatable bonds is 6. The van der Waals surface area contributed by atoms with E-state index < -0.39 is 0 Å². The van der Waals surface area contributed by atoms with E-state index >= 15 is 0 Å². The summed E-state index contributed by atoms with van der Waals surface area (Å²) in [7, 11) is 0. The van der Waals surface area contributed by atoms with Gasteiger partial charge >= 0.3 is 0 Å². The van der Waals surface area contributed by atoms with Crippen LogP contribution in [0.15, 0.2) is 54.6 Å². The lowest BCUT2D eigenvalue weighted by molar-refractivity contribution is -0.120. The van der Waals surface area contributed by atoms with Gasteiger partial charge in [-0.2, -0.15) is 0 Å². The fourth-order valence-electron chi connectivity index (χ4n) is 2.18. The molecule has 2 rings (SSSR count). The van der Waals surface area contributed by atoms with E-state index in [0.717, 1.165) is 17.5 Å². The van der Waals surface area contributed by atoms with Crippen molar-refractivity contribution in [2.45, 2.75) is 25.8 Å². The van der Waals surface area contributed by atoms with E-state index in [9.17, 15) is 4.79 Å². The maximum atomic E-state index is 11.9. The summed E-state index contributed by atoms with van der Waals surface area (Å²) in [6, 6.07) is 17.8. The van der Waals surface area contributed by atoms with E-state index in [1.165, 1.54) is 5.56 Å².